The normalized spacial score (nSPS) is 26.7. The molecule has 116 valence electrons. The maximum absolute atomic E-state index is 12.3. The van der Waals surface area contributed by atoms with Crippen LogP contribution in [0.15, 0.2) is 0 Å². The summed E-state index contributed by atoms with van der Waals surface area (Å²) in [5.74, 6) is 0.602. The summed E-state index contributed by atoms with van der Waals surface area (Å²) in [6, 6.07) is -0.503. The molecule has 3 N–H and O–H groups in total. The maximum Gasteiger partial charge on any atom is 0.240 e. The molecule has 0 bridgehead atoms. The second kappa shape index (κ2) is 6.68. The van der Waals surface area contributed by atoms with Gasteiger partial charge in [0.05, 0.1) is 11.6 Å². The van der Waals surface area contributed by atoms with Crippen molar-refractivity contribution >= 4 is 11.7 Å². The highest BCUT2D eigenvalue weighted by molar-refractivity contribution is 5.95. The van der Waals surface area contributed by atoms with Gasteiger partial charge in [-0.05, 0) is 30.6 Å². The number of methoxy groups -OCH3 is 1. The number of rotatable bonds is 8. The average Bonchev–Trinajstić information content (AvgIpc) is 3.02. The van der Waals surface area contributed by atoms with Crippen molar-refractivity contribution in [2.75, 3.05) is 13.7 Å². The number of ketones is 1. The lowest BCUT2D eigenvalue weighted by Crippen LogP contribution is -2.52. The van der Waals surface area contributed by atoms with Crippen LogP contribution in [0, 0.1) is 17.8 Å². The monoisotopic (exact) mass is 284 g/mol. The Kier molecular flexibility index (Phi) is 5.71. The first-order valence-corrected chi connectivity index (χ1v) is 7.33. The predicted molar refractivity (Wildman–Crippen MR) is 78.1 cm³/mol. The molecule has 0 radical (unpaired) electrons. The molecule has 1 amide bonds. The summed E-state index contributed by atoms with van der Waals surface area (Å²) in [6.45, 7) is 8.18. The Hall–Kier alpha value is -0.940. The van der Waals surface area contributed by atoms with Gasteiger partial charge in [-0.25, -0.2) is 0 Å². The molecule has 5 nitrogen and oxygen atoms in total. The smallest absolute Gasteiger partial charge is 0.240 e. The second-order valence-electron chi connectivity index (χ2n) is 6.65. The third kappa shape index (κ3) is 4.03. The van der Waals surface area contributed by atoms with Gasteiger partial charge in [-0.15, -0.1) is 0 Å². The van der Waals surface area contributed by atoms with E-state index in [1.54, 1.807) is 0 Å². The Bertz CT molecular complexity index is 368. The molecule has 1 saturated carbocycles. The van der Waals surface area contributed by atoms with E-state index in [2.05, 4.69) is 19.2 Å². The highest BCUT2D eigenvalue weighted by Gasteiger charge is 2.58. The number of amides is 1. The molecule has 1 aliphatic carbocycles. The number of hydrogen-bond acceptors (Lipinski definition) is 4. The van der Waals surface area contributed by atoms with Crippen molar-refractivity contribution in [1.29, 1.82) is 0 Å². The molecule has 1 aliphatic rings. The van der Waals surface area contributed by atoms with Gasteiger partial charge >= 0.3 is 0 Å². The molecule has 20 heavy (non-hydrogen) atoms. The number of nitrogens with two attached hydrogens (primary N) is 1. The van der Waals surface area contributed by atoms with E-state index >= 15 is 0 Å². The Balaban J connectivity index is 2.66. The van der Waals surface area contributed by atoms with Crippen molar-refractivity contribution in [3.8, 4) is 0 Å². The molecule has 3 atom stereocenters. The Morgan fingerprint density at radius 1 is 1.35 bits per heavy atom. The molecule has 5 heteroatoms. The Morgan fingerprint density at radius 2 is 1.95 bits per heavy atom. The summed E-state index contributed by atoms with van der Waals surface area (Å²) in [7, 11) is 1.48. The van der Waals surface area contributed by atoms with Crippen LogP contribution in [0.2, 0.25) is 0 Å². The number of nitrogens with one attached hydrogen (secondary N) is 1. The van der Waals surface area contributed by atoms with E-state index in [1.807, 2.05) is 13.8 Å². The fourth-order valence-electron chi connectivity index (χ4n) is 2.67. The highest BCUT2D eigenvalue weighted by Crippen LogP contribution is 2.46. The molecule has 2 unspecified atom stereocenters. The van der Waals surface area contributed by atoms with Crippen LogP contribution in [0.4, 0.5) is 0 Å². The second-order valence-corrected chi connectivity index (χ2v) is 6.65. The molecule has 0 aromatic carbocycles. The van der Waals surface area contributed by atoms with Crippen molar-refractivity contribution in [1.82, 2.24) is 5.32 Å². The van der Waals surface area contributed by atoms with Crippen molar-refractivity contribution in [2.24, 2.45) is 23.5 Å². The Morgan fingerprint density at radius 3 is 2.35 bits per heavy atom. The lowest BCUT2D eigenvalue weighted by molar-refractivity contribution is -0.131. The van der Waals surface area contributed by atoms with E-state index in [4.69, 9.17) is 10.5 Å². The molecule has 0 heterocycles. The lowest BCUT2D eigenvalue weighted by atomic mass is 9.99. The van der Waals surface area contributed by atoms with Gasteiger partial charge in [0.1, 0.15) is 6.61 Å². The number of carbonyl (C=O) groups is 2. The first kappa shape index (κ1) is 17.1. The summed E-state index contributed by atoms with van der Waals surface area (Å²) in [4.78, 5) is 24.3. The molecule has 1 fully saturated rings. The zero-order valence-electron chi connectivity index (χ0n) is 13.2. The van der Waals surface area contributed by atoms with Gasteiger partial charge in [-0.1, -0.05) is 27.7 Å². The van der Waals surface area contributed by atoms with E-state index in [0.29, 0.717) is 24.7 Å². The van der Waals surface area contributed by atoms with Crippen molar-refractivity contribution in [3.05, 3.63) is 0 Å². The molecule has 0 aliphatic heterocycles. The summed E-state index contributed by atoms with van der Waals surface area (Å²) in [5.41, 5.74) is 5.34. The van der Waals surface area contributed by atoms with Crippen LogP contribution in [-0.4, -0.2) is 37.0 Å². The third-order valence-electron chi connectivity index (χ3n) is 3.97. The van der Waals surface area contributed by atoms with E-state index in [-0.39, 0.29) is 24.2 Å². The van der Waals surface area contributed by atoms with E-state index in [1.165, 1.54) is 7.11 Å². The molecule has 0 spiro atoms. The summed E-state index contributed by atoms with van der Waals surface area (Å²) < 4.78 is 4.88. The molecular weight excluding hydrogens is 256 g/mol. The van der Waals surface area contributed by atoms with Gasteiger partial charge in [-0.3, -0.25) is 9.59 Å². The highest BCUT2D eigenvalue weighted by atomic mass is 16.5. The third-order valence-corrected chi connectivity index (χ3v) is 3.97. The average molecular weight is 284 g/mol. The van der Waals surface area contributed by atoms with Crippen LogP contribution < -0.4 is 11.1 Å². The minimum atomic E-state index is -0.795. The van der Waals surface area contributed by atoms with E-state index < -0.39 is 11.6 Å². The van der Waals surface area contributed by atoms with Gasteiger partial charge in [0.15, 0.2) is 5.78 Å². The standard InChI is InChI=1S/C15H28N2O3/c1-9(2)6-12(13(18)8-20-5)17-14(19)15(16)7-11(15)10(3)4/h9-12H,6-8,16H2,1-5H3,(H,17,19)/t11?,12-,15?/m0/s1. The summed E-state index contributed by atoms with van der Waals surface area (Å²) >= 11 is 0. The molecule has 0 saturated heterocycles. The number of hydrogen-bond donors (Lipinski definition) is 2. The zero-order chi connectivity index (χ0) is 15.5. The summed E-state index contributed by atoms with van der Waals surface area (Å²) in [5, 5.41) is 2.83. The summed E-state index contributed by atoms with van der Waals surface area (Å²) in [6.07, 6.45) is 1.31. The maximum atomic E-state index is 12.3. The molecule has 1 rings (SSSR count). The minimum absolute atomic E-state index is 0.0167. The predicted octanol–water partition coefficient (Wildman–Crippen LogP) is 1.11. The van der Waals surface area contributed by atoms with Crippen LogP contribution in [-0.2, 0) is 14.3 Å². The van der Waals surface area contributed by atoms with Crippen molar-refractivity contribution in [3.63, 3.8) is 0 Å². The fourth-order valence-corrected chi connectivity index (χ4v) is 2.67. The van der Waals surface area contributed by atoms with E-state index in [0.717, 1.165) is 0 Å². The lowest BCUT2D eigenvalue weighted by Gasteiger charge is -2.22. The first-order chi connectivity index (χ1) is 9.22. The van der Waals surface area contributed by atoms with Crippen molar-refractivity contribution in [2.45, 2.75) is 52.1 Å². The van der Waals surface area contributed by atoms with Crippen LogP contribution in [0.25, 0.3) is 0 Å². The molecular formula is C15H28N2O3. The first-order valence-electron chi connectivity index (χ1n) is 7.33. The van der Waals surface area contributed by atoms with Gasteiger partial charge in [0, 0.05) is 7.11 Å². The largest absolute Gasteiger partial charge is 0.377 e. The molecule has 0 aromatic heterocycles. The topological polar surface area (TPSA) is 81.4 Å². The van der Waals surface area contributed by atoms with E-state index in [9.17, 15) is 9.59 Å². The zero-order valence-corrected chi connectivity index (χ0v) is 13.2. The Labute approximate surface area is 121 Å². The van der Waals surface area contributed by atoms with Crippen LogP contribution in [0.3, 0.4) is 0 Å². The van der Waals surface area contributed by atoms with Gasteiger partial charge in [0.25, 0.3) is 0 Å². The van der Waals surface area contributed by atoms with Gasteiger partial charge in [0.2, 0.25) is 5.91 Å². The van der Waals surface area contributed by atoms with Crippen LogP contribution >= 0.6 is 0 Å². The minimum Gasteiger partial charge on any atom is -0.377 e. The SMILES string of the molecule is COCC(=O)[C@H](CC(C)C)NC(=O)C1(N)CC1C(C)C. The number of ether oxygens (including phenoxy) is 1. The van der Waals surface area contributed by atoms with Crippen LogP contribution in [0.5, 0.6) is 0 Å². The number of carbonyl (C=O) groups excluding carboxylic acids is 2. The molecule has 0 aromatic rings. The van der Waals surface area contributed by atoms with Gasteiger partial charge in [-0.2, -0.15) is 0 Å². The van der Waals surface area contributed by atoms with Crippen LogP contribution in [0.1, 0.15) is 40.5 Å². The van der Waals surface area contributed by atoms with Crippen molar-refractivity contribution < 1.29 is 14.3 Å². The fraction of sp³-hybridized carbons (Fsp3) is 0.867. The number of Topliss-reactive ketones (excluding diaryl/α,β-unsaturated/α-hetero) is 1. The van der Waals surface area contributed by atoms with Gasteiger partial charge < -0.3 is 15.8 Å². The quantitative estimate of drug-likeness (QED) is 0.699.